The van der Waals surface area contributed by atoms with Gasteiger partial charge in [0, 0.05) is 23.1 Å². The fraction of sp³-hybridized carbons (Fsp3) is 0.0526. The second kappa shape index (κ2) is 8.19. The number of amides is 1. The fourth-order valence-corrected chi connectivity index (χ4v) is 2.19. The van der Waals surface area contributed by atoms with Crippen LogP contribution in [0.5, 0.6) is 5.75 Å². The van der Waals surface area contributed by atoms with Gasteiger partial charge in [-0.3, -0.25) is 4.79 Å². The van der Waals surface area contributed by atoms with Crippen LogP contribution in [0.4, 0.5) is 11.4 Å². The molecule has 1 amide bonds. The minimum absolute atomic E-state index is 0.0854. The number of hydrogen-bond donors (Lipinski definition) is 4. The molecule has 0 spiro atoms. The molecule has 0 fully saturated rings. The highest BCUT2D eigenvalue weighted by molar-refractivity contribution is 6.05. The zero-order chi connectivity index (χ0) is 20.0. The molecule has 0 bridgehead atoms. The van der Waals surface area contributed by atoms with E-state index in [4.69, 9.17) is 15.6 Å². The number of nitrogens with zero attached hydrogens (tertiary/aromatic N) is 2. The van der Waals surface area contributed by atoms with Crippen molar-refractivity contribution in [1.29, 1.82) is 10.5 Å². The normalized spacial score (nSPS) is 9.44. The monoisotopic (exact) mass is 362 g/mol. The molecule has 8 nitrogen and oxygen atoms in total. The maximum Gasteiger partial charge on any atom is 0.339 e. The number of aromatic hydroxyl groups is 1. The Morgan fingerprint density at radius 1 is 1.11 bits per heavy atom. The van der Waals surface area contributed by atoms with E-state index < -0.39 is 17.6 Å². The molecular weight excluding hydrogens is 348 g/mol. The number of nitriles is 2. The quantitative estimate of drug-likeness (QED) is 0.472. The Hall–Kier alpha value is -4.30. The molecule has 0 unspecified atom stereocenters. The third-order valence-electron chi connectivity index (χ3n) is 3.59. The Balaban J connectivity index is 2.19. The molecular formula is C19H14N4O4. The van der Waals surface area contributed by atoms with Gasteiger partial charge >= 0.3 is 5.97 Å². The van der Waals surface area contributed by atoms with E-state index in [1.807, 2.05) is 0 Å². The molecule has 8 heteroatoms. The second-order valence-corrected chi connectivity index (χ2v) is 5.45. The van der Waals surface area contributed by atoms with E-state index in [0.29, 0.717) is 16.8 Å². The number of aromatic carboxylic acids is 1. The van der Waals surface area contributed by atoms with Gasteiger partial charge in [-0.25, -0.2) is 4.79 Å². The highest BCUT2D eigenvalue weighted by Gasteiger charge is 2.13. The van der Waals surface area contributed by atoms with Crippen molar-refractivity contribution in [3.05, 3.63) is 64.9 Å². The lowest BCUT2D eigenvalue weighted by Gasteiger charge is -2.10. The predicted molar refractivity (Wildman–Crippen MR) is 97.1 cm³/mol. The van der Waals surface area contributed by atoms with Crippen LogP contribution in [0.25, 0.3) is 0 Å². The first-order valence-corrected chi connectivity index (χ1v) is 7.61. The van der Waals surface area contributed by atoms with Gasteiger partial charge in [-0.1, -0.05) is 0 Å². The van der Waals surface area contributed by atoms with Gasteiger partial charge in [-0.15, -0.1) is 0 Å². The van der Waals surface area contributed by atoms with E-state index in [1.165, 1.54) is 24.4 Å². The average molecular weight is 362 g/mol. The summed E-state index contributed by atoms with van der Waals surface area (Å²) in [5.41, 5.74) is 1.47. The van der Waals surface area contributed by atoms with Crippen molar-refractivity contribution in [2.75, 3.05) is 10.6 Å². The van der Waals surface area contributed by atoms with E-state index in [2.05, 4.69) is 10.6 Å². The lowest BCUT2D eigenvalue weighted by molar-refractivity contribution is 0.0693. The largest absolute Gasteiger partial charge is 0.507 e. The maximum atomic E-state index is 12.4. The summed E-state index contributed by atoms with van der Waals surface area (Å²) in [5.74, 6) is -2.16. The first kappa shape index (κ1) is 19.0. The number of carboxylic acid groups (broad SMARTS) is 1. The minimum atomic E-state index is -1.31. The number of carbonyl (C=O) groups excluding carboxylic acids is 1. The summed E-state index contributed by atoms with van der Waals surface area (Å²) in [6, 6.07) is 11.9. The predicted octanol–water partition coefficient (Wildman–Crippen LogP) is 2.99. The SMILES string of the molecule is Cc1cc(C(=O)Nc2ccc(O)c(C(=O)O)c2)ccc1NC=C(C#N)C#N. The van der Waals surface area contributed by atoms with Gasteiger partial charge in [0.15, 0.2) is 0 Å². The van der Waals surface area contributed by atoms with E-state index in [0.717, 1.165) is 6.07 Å². The van der Waals surface area contributed by atoms with Crippen LogP contribution in [0.1, 0.15) is 26.3 Å². The lowest BCUT2D eigenvalue weighted by atomic mass is 10.1. The summed E-state index contributed by atoms with van der Waals surface area (Å²) in [7, 11) is 0. The van der Waals surface area contributed by atoms with Crippen LogP contribution < -0.4 is 10.6 Å². The zero-order valence-electron chi connectivity index (χ0n) is 14.1. The number of phenols is 1. The Morgan fingerprint density at radius 3 is 2.41 bits per heavy atom. The van der Waals surface area contributed by atoms with Crippen molar-refractivity contribution in [2.24, 2.45) is 0 Å². The summed E-state index contributed by atoms with van der Waals surface area (Å²) in [6.07, 6.45) is 1.27. The van der Waals surface area contributed by atoms with Crippen LogP contribution in [0.3, 0.4) is 0 Å². The summed E-state index contributed by atoms with van der Waals surface area (Å²) < 4.78 is 0. The van der Waals surface area contributed by atoms with Crippen LogP contribution >= 0.6 is 0 Å². The van der Waals surface area contributed by atoms with E-state index in [9.17, 15) is 14.7 Å². The Labute approximate surface area is 154 Å². The number of benzene rings is 2. The molecule has 2 aromatic rings. The minimum Gasteiger partial charge on any atom is -0.507 e. The summed E-state index contributed by atoms with van der Waals surface area (Å²) in [5, 5.41) is 41.3. The van der Waals surface area contributed by atoms with Gasteiger partial charge in [0.25, 0.3) is 5.91 Å². The number of nitrogens with one attached hydrogen (secondary N) is 2. The van der Waals surface area contributed by atoms with Gasteiger partial charge in [0.1, 0.15) is 29.0 Å². The molecule has 134 valence electrons. The molecule has 0 aliphatic rings. The van der Waals surface area contributed by atoms with Gasteiger partial charge < -0.3 is 20.8 Å². The smallest absolute Gasteiger partial charge is 0.339 e. The summed E-state index contributed by atoms with van der Waals surface area (Å²) in [4.78, 5) is 23.4. The molecule has 0 saturated heterocycles. The van der Waals surface area contributed by atoms with Crippen LogP contribution in [-0.2, 0) is 0 Å². The van der Waals surface area contributed by atoms with Crippen LogP contribution in [0.2, 0.25) is 0 Å². The van der Waals surface area contributed by atoms with Crippen LogP contribution in [-0.4, -0.2) is 22.1 Å². The Kier molecular flexibility index (Phi) is 5.77. The second-order valence-electron chi connectivity index (χ2n) is 5.45. The van der Waals surface area contributed by atoms with Gasteiger partial charge in [-0.05, 0) is 48.9 Å². The summed E-state index contributed by atoms with van der Waals surface area (Å²) in [6.45, 7) is 1.74. The van der Waals surface area contributed by atoms with Crippen LogP contribution in [0, 0.1) is 29.6 Å². The number of allylic oxidation sites excluding steroid dienone is 1. The molecule has 0 aromatic heterocycles. The topological polar surface area (TPSA) is 146 Å². The molecule has 0 aliphatic heterocycles. The Bertz CT molecular complexity index is 1010. The highest BCUT2D eigenvalue weighted by atomic mass is 16.4. The van der Waals surface area contributed by atoms with E-state index in [1.54, 1.807) is 31.2 Å². The van der Waals surface area contributed by atoms with Crippen molar-refractivity contribution >= 4 is 23.3 Å². The van der Waals surface area contributed by atoms with Gasteiger partial charge in [0.2, 0.25) is 0 Å². The maximum absolute atomic E-state index is 12.4. The van der Waals surface area contributed by atoms with E-state index >= 15 is 0 Å². The molecule has 0 atom stereocenters. The number of aryl methyl sites for hydroxylation is 1. The molecule has 0 aliphatic carbocycles. The molecule has 0 saturated carbocycles. The molecule has 27 heavy (non-hydrogen) atoms. The van der Waals surface area contributed by atoms with Crippen LogP contribution in [0.15, 0.2) is 48.2 Å². The number of carbonyl (C=O) groups is 2. The molecule has 2 rings (SSSR count). The highest BCUT2D eigenvalue weighted by Crippen LogP contribution is 2.23. The first-order chi connectivity index (χ1) is 12.8. The van der Waals surface area contributed by atoms with Crippen molar-refractivity contribution < 1.29 is 19.8 Å². The molecule has 4 N–H and O–H groups in total. The standard InChI is InChI=1S/C19H14N4O4/c1-11-6-13(2-4-16(11)22-10-12(8-20)9-21)18(25)23-14-3-5-17(24)15(7-14)19(26)27/h2-7,10,22,24H,1H3,(H,23,25)(H,26,27). The molecule has 0 radical (unpaired) electrons. The fourth-order valence-electron chi connectivity index (χ4n) is 2.19. The van der Waals surface area contributed by atoms with Crippen molar-refractivity contribution in [3.8, 4) is 17.9 Å². The van der Waals surface area contributed by atoms with Crippen molar-refractivity contribution in [3.63, 3.8) is 0 Å². The third kappa shape index (κ3) is 4.62. The average Bonchev–Trinajstić information content (AvgIpc) is 2.64. The Morgan fingerprint density at radius 2 is 1.81 bits per heavy atom. The molecule has 0 heterocycles. The number of anilines is 2. The number of hydrogen-bond acceptors (Lipinski definition) is 6. The zero-order valence-corrected chi connectivity index (χ0v) is 14.1. The third-order valence-corrected chi connectivity index (χ3v) is 3.59. The van der Waals surface area contributed by atoms with Crippen molar-refractivity contribution in [1.82, 2.24) is 0 Å². The summed E-state index contributed by atoms with van der Waals surface area (Å²) >= 11 is 0. The van der Waals surface area contributed by atoms with E-state index in [-0.39, 0.29) is 16.8 Å². The van der Waals surface area contributed by atoms with Gasteiger partial charge in [0.05, 0.1) is 0 Å². The number of carboxylic acids is 1. The first-order valence-electron chi connectivity index (χ1n) is 7.61. The molecule has 2 aromatic carbocycles. The van der Waals surface area contributed by atoms with Crippen molar-refractivity contribution in [2.45, 2.75) is 6.92 Å². The lowest BCUT2D eigenvalue weighted by Crippen LogP contribution is -2.13. The van der Waals surface area contributed by atoms with Gasteiger partial charge in [-0.2, -0.15) is 10.5 Å². The number of rotatable bonds is 5.